The summed E-state index contributed by atoms with van der Waals surface area (Å²) in [6, 6.07) is 0. The smallest absolute Gasteiger partial charge is 0.314 e. The molecular weight excluding hydrogens is 337 g/mol. The third-order valence-corrected chi connectivity index (χ3v) is 18.0. The molecule has 0 saturated heterocycles. The Labute approximate surface area is 131 Å². The van der Waals surface area contributed by atoms with Crippen LogP contribution in [0.3, 0.4) is 0 Å². The highest BCUT2D eigenvalue weighted by atomic mass is 28.5. The van der Waals surface area contributed by atoms with Crippen LogP contribution < -0.4 is 0 Å². The van der Waals surface area contributed by atoms with Gasteiger partial charge in [-0.05, 0) is 58.9 Å². The normalized spacial score (nSPS) is 14.4. The lowest BCUT2D eigenvalue weighted by atomic mass is 11.3. The average molecular weight is 367 g/mol. The molecule has 0 spiro atoms. The first kappa shape index (κ1) is 20.7. The summed E-state index contributed by atoms with van der Waals surface area (Å²) in [6.45, 7) is 22.6. The molecule has 0 aromatic carbocycles. The fourth-order valence-electron chi connectivity index (χ4n) is 2.17. The van der Waals surface area contributed by atoms with Crippen LogP contribution in [0.2, 0.25) is 58.9 Å². The Morgan fingerprint density at radius 1 is 0.750 bits per heavy atom. The minimum Gasteiger partial charge on any atom is -0.437 e. The predicted molar refractivity (Wildman–Crippen MR) is 96.1 cm³/mol. The quantitative estimate of drug-likeness (QED) is 0.582. The predicted octanol–water partition coefficient (Wildman–Crippen LogP) is 3.76. The molecule has 0 fully saturated rings. The zero-order valence-electron chi connectivity index (χ0n) is 14.4. The molecule has 0 aliphatic rings. The average Bonchev–Trinajstić information content (AvgIpc) is 2.10. The van der Waals surface area contributed by atoms with Crippen LogP contribution >= 0.6 is 0 Å². The number of hydrogen-bond acceptors (Lipinski definition) is 4. The van der Waals surface area contributed by atoms with Crippen LogP contribution in [0.15, 0.2) is 12.3 Å². The van der Waals surface area contributed by atoms with Gasteiger partial charge in [0.05, 0.1) is 0 Å². The van der Waals surface area contributed by atoms with Gasteiger partial charge in [0.1, 0.15) is 0 Å². The zero-order chi connectivity index (χ0) is 16.2. The first-order valence-corrected chi connectivity index (χ1v) is 19.7. The summed E-state index contributed by atoms with van der Waals surface area (Å²) in [5, 5.41) is 0. The SMILES string of the molecule is C=C[Si](C)(C)O[Si](C)(C)O[Si](C)(C)O[Si](C)(C)O[Si]C. The summed E-state index contributed by atoms with van der Waals surface area (Å²) in [7, 11) is -7.96. The van der Waals surface area contributed by atoms with E-state index in [4.69, 9.17) is 16.5 Å². The van der Waals surface area contributed by atoms with E-state index < -0.39 is 34.0 Å². The molecule has 9 heteroatoms. The van der Waals surface area contributed by atoms with Crippen LogP contribution in [0.5, 0.6) is 0 Å². The molecule has 0 rings (SSSR count). The van der Waals surface area contributed by atoms with E-state index in [9.17, 15) is 0 Å². The first-order chi connectivity index (χ1) is 8.74. The molecule has 0 atom stereocenters. The van der Waals surface area contributed by atoms with Crippen LogP contribution in [0.25, 0.3) is 0 Å². The molecule has 2 radical (unpaired) electrons. The Morgan fingerprint density at radius 3 is 1.55 bits per heavy atom. The Morgan fingerprint density at radius 2 is 1.15 bits per heavy atom. The van der Waals surface area contributed by atoms with E-state index >= 15 is 0 Å². The Hall–Kier alpha value is 0.664. The summed E-state index contributed by atoms with van der Waals surface area (Å²) in [5.41, 5.74) is 1.94. The van der Waals surface area contributed by atoms with Gasteiger partial charge in [-0.2, -0.15) is 0 Å². The highest BCUT2D eigenvalue weighted by molar-refractivity contribution is 6.90. The van der Waals surface area contributed by atoms with Gasteiger partial charge in [-0.25, -0.2) is 0 Å². The van der Waals surface area contributed by atoms with E-state index in [0.29, 0.717) is 9.76 Å². The third kappa shape index (κ3) is 8.84. The van der Waals surface area contributed by atoms with Gasteiger partial charge in [0.2, 0.25) is 9.76 Å². The first-order valence-electron chi connectivity index (χ1n) is 6.83. The molecule has 118 valence electrons. The fourth-order valence-corrected chi connectivity index (χ4v) is 20.6. The molecule has 4 nitrogen and oxygen atoms in total. The minimum absolute atomic E-state index is 0.451. The van der Waals surface area contributed by atoms with Crippen molar-refractivity contribution in [2.75, 3.05) is 0 Å². The summed E-state index contributed by atoms with van der Waals surface area (Å²) in [4.78, 5) is 0. The van der Waals surface area contributed by atoms with Crippen molar-refractivity contribution in [3.63, 3.8) is 0 Å². The van der Waals surface area contributed by atoms with E-state index in [1.807, 2.05) is 12.2 Å². The van der Waals surface area contributed by atoms with Gasteiger partial charge in [-0.1, -0.05) is 5.70 Å². The largest absolute Gasteiger partial charge is 0.437 e. The standard InChI is InChI=1S/C11H30O4Si5/c1-11-17(3,4)13-19(7,8)15-20(9,10)14-18(5,6)12-16-2/h11H,1H2,2-10H3. The molecule has 0 saturated carbocycles. The lowest BCUT2D eigenvalue weighted by Crippen LogP contribution is -2.56. The second kappa shape index (κ2) is 7.29. The molecule has 0 aromatic heterocycles. The van der Waals surface area contributed by atoms with Crippen LogP contribution in [-0.2, 0) is 16.5 Å². The van der Waals surface area contributed by atoms with Crippen LogP contribution in [0.1, 0.15) is 0 Å². The summed E-state index contributed by atoms with van der Waals surface area (Å²) in [5.74, 6) is 0. The van der Waals surface area contributed by atoms with Gasteiger partial charge < -0.3 is 16.5 Å². The van der Waals surface area contributed by atoms with Gasteiger partial charge >= 0.3 is 25.7 Å². The molecule has 0 amide bonds. The molecule has 0 aromatic rings. The van der Waals surface area contributed by atoms with Crippen molar-refractivity contribution in [1.29, 1.82) is 0 Å². The van der Waals surface area contributed by atoms with Crippen molar-refractivity contribution in [2.24, 2.45) is 0 Å². The van der Waals surface area contributed by atoms with E-state index in [1.165, 1.54) is 0 Å². The number of rotatable bonds is 9. The highest BCUT2D eigenvalue weighted by Gasteiger charge is 2.43. The molecule has 0 unspecified atom stereocenters. The summed E-state index contributed by atoms with van der Waals surface area (Å²) in [6.07, 6.45) is 0. The van der Waals surface area contributed by atoms with Crippen LogP contribution in [-0.4, -0.2) is 43.8 Å². The van der Waals surface area contributed by atoms with Gasteiger partial charge in [0, 0.05) is 0 Å². The Balaban J connectivity index is 4.77. The van der Waals surface area contributed by atoms with Gasteiger partial charge in [-0.15, -0.1) is 6.58 Å². The lowest BCUT2D eigenvalue weighted by molar-refractivity contribution is 0.304. The van der Waals surface area contributed by atoms with Gasteiger partial charge in [0.15, 0.2) is 8.32 Å². The molecule has 0 bridgehead atoms. The summed E-state index contributed by atoms with van der Waals surface area (Å²) >= 11 is 0. The van der Waals surface area contributed by atoms with Crippen LogP contribution in [0, 0.1) is 0 Å². The maximum absolute atomic E-state index is 6.32. The van der Waals surface area contributed by atoms with Crippen molar-refractivity contribution >= 4 is 43.8 Å². The minimum atomic E-state index is -2.26. The maximum atomic E-state index is 6.32. The molecule has 20 heavy (non-hydrogen) atoms. The van der Waals surface area contributed by atoms with Crippen molar-refractivity contribution in [2.45, 2.75) is 58.9 Å². The van der Waals surface area contributed by atoms with Gasteiger partial charge in [-0.3, -0.25) is 0 Å². The molecule has 0 aliphatic heterocycles. The second-order valence-corrected chi connectivity index (χ2v) is 22.3. The molecular formula is C11H30O4Si5. The molecule has 0 N–H and O–H groups in total. The Bertz CT molecular complexity index is 331. The lowest BCUT2D eigenvalue weighted by Gasteiger charge is -2.40. The number of hydrogen-bond donors (Lipinski definition) is 0. The zero-order valence-corrected chi connectivity index (χ0v) is 19.4. The van der Waals surface area contributed by atoms with Gasteiger partial charge in [0.25, 0.3) is 0 Å². The maximum Gasteiger partial charge on any atom is 0.314 e. The van der Waals surface area contributed by atoms with Crippen molar-refractivity contribution in [3.8, 4) is 0 Å². The third-order valence-electron chi connectivity index (χ3n) is 2.33. The van der Waals surface area contributed by atoms with Crippen LogP contribution in [0.4, 0.5) is 0 Å². The second-order valence-electron chi connectivity index (χ2n) is 6.62. The summed E-state index contributed by atoms with van der Waals surface area (Å²) < 4.78 is 24.6. The molecule has 0 aliphatic carbocycles. The van der Waals surface area contributed by atoms with Crippen molar-refractivity contribution < 1.29 is 16.5 Å². The van der Waals surface area contributed by atoms with E-state index in [-0.39, 0.29) is 0 Å². The van der Waals surface area contributed by atoms with Crippen molar-refractivity contribution in [1.82, 2.24) is 0 Å². The Kier molecular flexibility index (Phi) is 7.53. The van der Waals surface area contributed by atoms with E-state index in [2.05, 4.69) is 59.0 Å². The van der Waals surface area contributed by atoms with E-state index in [1.54, 1.807) is 0 Å². The topological polar surface area (TPSA) is 36.9 Å². The highest BCUT2D eigenvalue weighted by Crippen LogP contribution is 2.24. The molecule has 0 heterocycles. The monoisotopic (exact) mass is 366 g/mol. The van der Waals surface area contributed by atoms with Crippen molar-refractivity contribution in [3.05, 3.63) is 12.3 Å². The van der Waals surface area contributed by atoms with E-state index in [0.717, 1.165) is 0 Å². The fraction of sp³-hybridized carbons (Fsp3) is 0.818.